The number of hydrogen-bond acceptors (Lipinski definition) is 6. The lowest BCUT2D eigenvalue weighted by Gasteiger charge is -2.15. The third kappa shape index (κ3) is 1.58. The first-order chi connectivity index (χ1) is 8.15. The number of anilines is 1. The van der Waals surface area contributed by atoms with Gasteiger partial charge in [0.1, 0.15) is 5.82 Å². The summed E-state index contributed by atoms with van der Waals surface area (Å²) in [6, 6.07) is 3.34. The Morgan fingerprint density at radius 3 is 2.71 bits per heavy atom. The summed E-state index contributed by atoms with van der Waals surface area (Å²) in [4.78, 5) is 13.1. The highest BCUT2D eigenvalue weighted by molar-refractivity contribution is 5.46. The Morgan fingerprint density at radius 1 is 1.29 bits per heavy atom. The second kappa shape index (κ2) is 3.54. The van der Waals surface area contributed by atoms with Crippen LogP contribution in [-0.2, 0) is 0 Å². The Balaban J connectivity index is 2.01. The summed E-state index contributed by atoms with van der Waals surface area (Å²) in [5, 5.41) is 29.1. The van der Waals surface area contributed by atoms with Crippen molar-refractivity contribution in [1.29, 1.82) is 0 Å². The molecule has 1 aliphatic rings. The lowest BCUT2D eigenvalue weighted by Crippen LogP contribution is -2.24. The minimum atomic E-state index is -0.784. The van der Waals surface area contributed by atoms with E-state index in [0.29, 0.717) is 24.6 Å². The van der Waals surface area contributed by atoms with Gasteiger partial charge in [-0.3, -0.25) is 0 Å². The zero-order chi connectivity index (χ0) is 12.0. The number of rotatable bonds is 1. The minimum Gasteiger partial charge on any atom is -0.389 e. The van der Waals surface area contributed by atoms with Gasteiger partial charge in [0.15, 0.2) is 5.65 Å². The van der Waals surface area contributed by atoms with Crippen LogP contribution in [0.2, 0.25) is 0 Å². The van der Waals surface area contributed by atoms with Gasteiger partial charge in [0.05, 0.1) is 12.2 Å². The zero-order valence-electron chi connectivity index (χ0n) is 8.82. The van der Waals surface area contributed by atoms with Crippen LogP contribution in [0.25, 0.3) is 5.65 Å². The largest absolute Gasteiger partial charge is 0.389 e. The predicted molar refractivity (Wildman–Crippen MR) is 57.8 cm³/mol. The van der Waals surface area contributed by atoms with E-state index < -0.39 is 17.9 Å². The lowest BCUT2D eigenvalue weighted by atomic mass is 10.3. The third-order valence-corrected chi connectivity index (χ3v) is 2.84. The fourth-order valence-corrected chi connectivity index (χ4v) is 1.92. The van der Waals surface area contributed by atoms with Crippen molar-refractivity contribution in [3.63, 3.8) is 0 Å². The number of fused-ring (bicyclic) bond motifs is 1. The first-order valence-corrected chi connectivity index (χ1v) is 5.21. The molecular formula is C9H11N5O3. The van der Waals surface area contributed by atoms with Crippen LogP contribution >= 0.6 is 0 Å². The molecule has 2 aromatic heterocycles. The smallest absolute Gasteiger partial charge is 0.364 e. The summed E-state index contributed by atoms with van der Waals surface area (Å²) < 4.78 is 1.15. The van der Waals surface area contributed by atoms with Crippen molar-refractivity contribution in [3.05, 3.63) is 22.6 Å². The van der Waals surface area contributed by atoms with Crippen LogP contribution in [0.15, 0.2) is 16.9 Å². The molecule has 8 nitrogen and oxygen atoms in total. The van der Waals surface area contributed by atoms with Crippen molar-refractivity contribution in [2.75, 3.05) is 18.0 Å². The van der Waals surface area contributed by atoms with Crippen molar-refractivity contribution in [1.82, 2.24) is 19.8 Å². The van der Waals surface area contributed by atoms with E-state index in [9.17, 15) is 15.0 Å². The van der Waals surface area contributed by atoms with Gasteiger partial charge in [-0.15, -0.1) is 5.10 Å². The van der Waals surface area contributed by atoms with Gasteiger partial charge in [0.2, 0.25) is 0 Å². The Labute approximate surface area is 95.1 Å². The highest BCUT2D eigenvalue weighted by Gasteiger charge is 2.30. The van der Waals surface area contributed by atoms with Crippen LogP contribution in [0, 0.1) is 0 Å². The van der Waals surface area contributed by atoms with Crippen LogP contribution in [0.1, 0.15) is 0 Å². The van der Waals surface area contributed by atoms with E-state index >= 15 is 0 Å². The molecular weight excluding hydrogens is 226 g/mol. The topological polar surface area (TPSA) is 107 Å². The standard InChI is InChI=1S/C9H11N5O3/c15-5-3-13(4-6(5)16)8-2-1-7-10-11-9(17)14(7)12-8/h1-2,5-6,15-16H,3-4H2,(H,11,17). The van der Waals surface area contributed by atoms with Gasteiger partial charge in [-0.25, -0.2) is 9.89 Å². The maximum atomic E-state index is 11.3. The number of aromatic nitrogens is 4. The number of aliphatic hydroxyl groups excluding tert-OH is 2. The second-order valence-corrected chi connectivity index (χ2v) is 4.03. The van der Waals surface area contributed by atoms with Crippen LogP contribution in [0.4, 0.5) is 5.82 Å². The molecule has 8 heteroatoms. The molecule has 1 fully saturated rings. The lowest BCUT2D eigenvalue weighted by molar-refractivity contribution is 0.0572. The predicted octanol–water partition coefficient (Wildman–Crippen LogP) is -2.04. The molecule has 3 rings (SSSR count). The number of H-pyrrole nitrogens is 1. The third-order valence-electron chi connectivity index (χ3n) is 2.84. The first-order valence-electron chi connectivity index (χ1n) is 5.21. The maximum absolute atomic E-state index is 11.3. The quantitative estimate of drug-likeness (QED) is 0.527. The molecule has 2 atom stereocenters. The van der Waals surface area contributed by atoms with E-state index in [1.807, 2.05) is 0 Å². The molecule has 0 amide bonds. The molecule has 3 N–H and O–H groups in total. The van der Waals surface area contributed by atoms with Crippen molar-refractivity contribution in [3.8, 4) is 0 Å². The number of nitrogens with zero attached hydrogens (tertiary/aromatic N) is 4. The van der Waals surface area contributed by atoms with E-state index in [1.54, 1.807) is 17.0 Å². The van der Waals surface area contributed by atoms with Gasteiger partial charge in [0.25, 0.3) is 0 Å². The fourth-order valence-electron chi connectivity index (χ4n) is 1.92. The average molecular weight is 237 g/mol. The van der Waals surface area contributed by atoms with Crippen molar-refractivity contribution >= 4 is 11.5 Å². The molecule has 0 spiro atoms. The van der Waals surface area contributed by atoms with E-state index in [0.717, 1.165) is 4.52 Å². The molecule has 3 heterocycles. The van der Waals surface area contributed by atoms with Crippen LogP contribution < -0.4 is 10.6 Å². The summed E-state index contributed by atoms with van der Waals surface area (Å²) >= 11 is 0. The molecule has 2 unspecified atom stereocenters. The Kier molecular flexibility index (Phi) is 2.13. The SMILES string of the molecule is O=c1[nH]nc2ccc(N3CC(O)C(O)C3)nn12. The zero-order valence-corrected chi connectivity index (χ0v) is 8.82. The van der Waals surface area contributed by atoms with E-state index in [2.05, 4.69) is 15.3 Å². The van der Waals surface area contributed by atoms with E-state index in [4.69, 9.17) is 0 Å². The molecule has 90 valence electrons. The summed E-state index contributed by atoms with van der Waals surface area (Å²) in [5.74, 6) is 0.525. The molecule has 1 aliphatic heterocycles. The highest BCUT2D eigenvalue weighted by atomic mass is 16.3. The molecule has 0 aromatic carbocycles. The monoisotopic (exact) mass is 237 g/mol. The summed E-state index contributed by atoms with van der Waals surface area (Å²) in [5.41, 5.74) is 0.0150. The molecule has 0 saturated carbocycles. The normalized spacial score (nSPS) is 24.7. The first kappa shape index (κ1) is 10.2. The second-order valence-electron chi connectivity index (χ2n) is 4.03. The van der Waals surface area contributed by atoms with Gasteiger partial charge in [-0.05, 0) is 12.1 Å². The van der Waals surface area contributed by atoms with Gasteiger partial charge in [0, 0.05) is 13.1 Å². The summed E-state index contributed by atoms with van der Waals surface area (Å²) in [6.45, 7) is 0.596. The van der Waals surface area contributed by atoms with E-state index in [1.165, 1.54) is 0 Å². The Hall–Kier alpha value is -1.93. The molecule has 17 heavy (non-hydrogen) atoms. The minimum absolute atomic E-state index is 0.298. The van der Waals surface area contributed by atoms with Crippen LogP contribution in [0.3, 0.4) is 0 Å². The van der Waals surface area contributed by atoms with Crippen molar-refractivity contribution in [2.24, 2.45) is 0 Å². The molecule has 0 bridgehead atoms. The number of β-amino-alcohol motifs (C(OH)–C–C–N with tert-alkyl or cyclic N) is 2. The van der Waals surface area contributed by atoms with Gasteiger partial charge < -0.3 is 15.1 Å². The summed E-state index contributed by atoms with van der Waals surface area (Å²) in [7, 11) is 0. The molecule has 1 saturated heterocycles. The fraction of sp³-hybridized carbons (Fsp3) is 0.444. The van der Waals surface area contributed by atoms with Gasteiger partial charge in [-0.1, -0.05) is 0 Å². The molecule has 2 aromatic rings. The number of aliphatic hydroxyl groups is 2. The number of nitrogens with one attached hydrogen (secondary N) is 1. The molecule has 0 radical (unpaired) electrons. The van der Waals surface area contributed by atoms with Gasteiger partial charge in [-0.2, -0.15) is 9.61 Å². The van der Waals surface area contributed by atoms with Crippen molar-refractivity contribution < 1.29 is 10.2 Å². The average Bonchev–Trinajstić information content (AvgIpc) is 2.84. The Bertz CT molecular complexity index is 596. The maximum Gasteiger partial charge on any atom is 0.364 e. The highest BCUT2D eigenvalue weighted by Crippen LogP contribution is 2.17. The Morgan fingerprint density at radius 2 is 2.00 bits per heavy atom. The van der Waals surface area contributed by atoms with Crippen LogP contribution in [-0.4, -0.2) is 55.3 Å². The van der Waals surface area contributed by atoms with Gasteiger partial charge >= 0.3 is 5.69 Å². The van der Waals surface area contributed by atoms with E-state index in [-0.39, 0.29) is 0 Å². The number of aromatic amines is 1. The molecule has 0 aliphatic carbocycles. The van der Waals surface area contributed by atoms with Crippen molar-refractivity contribution in [2.45, 2.75) is 12.2 Å². The number of hydrogen-bond donors (Lipinski definition) is 3. The summed E-state index contributed by atoms with van der Waals surface area (Å²) in [6.07, 6.45) is -1.57. The van der Waals surface area contributed by atoms with Crippen LogP contribution in [0.5, 0.6) is 0 Å².